The minimum atomic E-state index is -1.00. The number of furan rings is 2. The van der Waals surface area contributed by atoms with E-state index in [2.05, 4.69) is 10.5 Å². The van der Waals surface area contributed by atoms with Gasteiger partial charge >= 0.3 is 5.97 Å². The van der Waals surface area contributed by atoms with Crippen LogP contribution < -0.4 is 5.43 Å². The Balaban J connectivity index is 1.26. The fraction of sp³-hybridized carbons (Fsp3) is 0.0741. The van der Waals surface area contributed by atoms with Crippen molar-refractivity contribution in [1.29, 1.82) is 0 Å². The Morgan fingerprint density at radius 1 is 0.971 bits per heavy atom. The number of hydrogen-bond donors (Lipinski definition) is 2. The van der Waals surface area contributed by atoms with E-state index in [1.54, 1.807) is 30.3 Å². The molecule has 2 aromatic heterocycles. The van der Waals surface area contributed by atoms with E-state index in [9.17, 15) is 14.7 Å². The Morgan fingerprint density at radius 3 is 2.68 bits per heavy atom. The maximum Gasteiger partial charge on any atom is 0.335 e. The lowest BCUT2D eigenvalue weighted by Gasteiger charge is -2.04. The highest BCUT2D eigenvalue weighted by molar-refractivity contribution is 6.06. The molecular weight excluding hydrogens is 432 g/mol. The van der Waals surface area contributed by atoms with Gasteiger partial charge in [0, 0.05) is 10.9 Å². The first-order chi connectivity index (χ1) is 16.5. The van der Waals surface area contributed by atoms with E-state index in [4.69, 9.17) is 8.83 Å². The van der Waals surface area contributed by atoms with Crippen molar-refractivity contribution < 1.29 is 23.5 Å². The van der Waals surface area contributed by atoms with Gasteiger partial charge in [-0.25, -0.2) is 10.2 Å². The second kappa shape index (κ2) is 8.71. The molecule has 3 aromatic carbocycles. The Hall–Kier alpha value is -4.65. The highest BCUT2D eigenvalue weighted by Gasteiger charge is 2.12. The topological polar surface area (TPSA) is 105 Å². The molecular formula is C27H20N2O5. The van der Waals surface area contributed by atoms with E-state index in [0.29, 0.717) is 22.8 Å². The van der Waals surface area contributed by atoms with Crippen molar-refractivity contribution in [2.75, 3.05) is 0 Å². The van der Waals surface area contributed by atoms with Gasteiger partial charge in [-0.1, -0.05) is 36.4 Å². The molecule has 0 saturated heterocycles. The van der Waals surface area contributed by atoms with E-state index in [1.807, 2.05) is 49.4 Å². The van der Waals surface area contributed by atoms with Crippen LogP contribution in [0.15, 0.2) is 86.7 Å². The van der Waals surface area contributed by atoms with Crippen LogP contribution in [0.1, 0.15) is 27.4 Å². The number of rotatable bonds is 6. The van der Waals surface area contributed by atoms with Crippen LogP contribution in [-0.2, 0) is 11.2 Å². The number of amides is 1. The number of nitrogens with zero attached hydrogens (tertiary/aromatic N) is 1. The molecule has 0 bridgehead atoms. The molecule has 0 fully saturated rings. The number of benzene rings is 3. The minimum absolute atomic E-state index is 0.0466. The number of carboxylic acids is 1. The Kier molecular flexibility index (Phi) is 5.43. The maximum absolute atomic E-state index is 12.3. The Morgan fingerprint density at radius 2 is 1.82 bits per heavy atom. The first-order valence-electron chi connectivity index (χ1n) is 10.6. The van der Waals surface area contributed by atoms with Gasteiger partial charge < -0.3 is 13.9 Å². The molecule has 5 aromatic rings. The molecule has 7 heteroatoms. The molecule has 0 saturated carbocycles. The van der Waals surface area contributed by atoms with E-state index >= 15 is 0 Å². The molecule has 2 heterocycles. The number of nitrogens with one attached hydrogen (secondary N) is 1. The molecule has 168 valence electrons. The predicted molar refractivity (Wildman–Crippen MR) is 129 cm³/mol. The fourth-order valence-corrected chi connectivity index (χ4v) is 3.89. The fourth-order valence-electron chi connectivity index (χ4n) is 3.89. The molecule has 5 rings (SSSR count). The van der Waals surface area contributed by atoms with Crippen molar-refractivity contribution in [2.45, 2.75) is 13.3 Å². The number of carboxylic acid groups (broad SMARTS) is 1. The van der Waals surface area contributed by atoms with Gasteiger partial charge in [-0.15, -0.1) is 0 Å². The summed E-state index contributed by atoms with van der Waals surface area (Å²) in [4.78, 5) is 23.6. The molecule has 0 aliphatic carbocycles. The summed E-state index contributed by atoms with van der Waals surface area (Å²) in [6, 6.07) is 22.1. The van der Waals surface area contributed by atoms with Crippen molar-refractivity contribution in [3.8, 4) is 11.3 Å². The number of carbonyl (C=O) groups excluding carboxylic acids is 1. The minimum Gasteiger partial charge on any atom is -0.478 e. The lowest BCUT2D eigenvalue weighted by atomic mass is 10.0. The lowest BCUT2D eigenvalue weighted by molar-refractivity contribution is -0.120. The van der Waals surface area contributed by atoms with Gasteiger partial charge in [0.15, 0.2) is 0 Å². The van der Waals surface area contributed by atoms with Crippen molar-refractivity contribution in [1.82, 2.24) is 5.43 Å². The molecule has 7 nitrogen and oxygen atoms in total. The van der Waals surface area contributed by atoms with Crippen molar-refractivity contribution in [3.05, 3.63) is 95.4 Å². The maximum atomic E-state index is 12.3. The van der Waals surface area contributed by atoms with Gasteiger partial charge in [-0.05, 0) is 59.7 Å². The van der Waals surface area contributed by atoms with E-state index in [0.717, 1.165) is 27.3 Å². The molecule has 0 aliphatic rings. The van der Waals surface area contributed by atoms with Crippen molar-refractivity contribution in [2.24, 2.45) is 5.10 Å². The van der Waals surface area contributed by atoms with Gasteiger partial charge in [-0.2, -0.15) is 5.10 Å². The summed E-state index contributed by atoms with van der Waals surface area (Å²) in [6.45, 7) is 1.87. The summed E-state index contributed by atoms with van der Waals surface area (Å²) in [5.74, 6) is 0.160. The summed E-state index contributed by atoms with van der Waals surface area (Å²) in [6.07, 6.45) is 1.44. The zero-order chi connectivity index (χ0) is 23.7. The van der Waals surface area contributed by atoms with E-state index in [-0.39, 0.29) is 17.9 Å². The number of aryl methyl sites for hydroxylation is 1. The van der Waals surface area contributed by atoms with Gasteiger partial charge in [0.05, 0.1) is 18.2 Å². The molecule has 34 heavy (non-hydrogen) atoms. The average molecular weight is 452 g/mol. The first-order valence-corrected chi connectivity index (χ1v) is 10.6. The highest BCUT2D eigenvalue weighted by atomic mass is 16.4. The van der Waals surface area contributed by atoms with Crippen LogP contribution in [0.5, 0.6) is 0 Å². The van der Waals surface area contributed by atoms with E-state index < -0.39 is 5.97 Å². The van der Waals surface area contributed by atoms with Crippen molar-refractivity contribution >= 4 is 39.8 Å². The third kappa shape index (κ3) is 4.19. The van der Waals surface area contributed by atoms with E-state index in [1.165, 1.54) is 6.21 Å². The van der Waals surface area contributed by atoms with Gasteiger partial charge in [0.2, 0.25) is 5.91 Å². The van der Waals surface area contributed by atoms with Crippen LogP contribution >= 0.6 is 0 Å². The lowest BCUT2D eigenvalue weighted by Crippen LogP contribution is -2.19. The largest absolute Gasteiger partial charge is 0.478 e. The molecule has 0 unspecified atom stereocenters. The summed E-state index contributed by atoms with van der Waals surface area (Å²) in [5, 5.41) is 16.3. The predicted octanol–water partition coefficient (Wildman–Crippen LogP) is 5.55. The van der Waals surface area contributed by atoms with Gasteiger partial charge in [-0.3, -0.25) is 4.79 Å². The van der Waals surface area contributed by atoms with Crippen LogP contribution in [0.4, 0.5) is 0 Å². The van der Waals surface area contributed by atoms with Crippen LogP contribution in [0.25, 0.3) is 33.1 Å². The van der Waals surface area contributed by atoms with Gasteiger partial charge in [0.1, 0.15) is 22.9 Å². The van der Waals surface area contributed by atoms with Crippen LogP contribution in [0, 0.1) is 6.92 Å². The second-order valence-electron chi connectivity index (χ2n) is 7.92. The monoisotopic (exact) mass is 452 g/mol. The quantitative estimate of drug-likeness (QED) is 0.260. The van der Waals surface area contributed by atoms with Crippen LogP contribution in [-0.4, -0.2) is 23.2 Å². The molecule has 0 radical (unpaired) electrons. The zero-order valence-electron chi connectivity index (χ0n) is 18.2. The van der Waals surface area contributed by atoms with Gasteiger partial charge in [0.25, 0.3) is 0 Å². The summed E-state index contributed by atoms with van der Waals surface area (Å²) >= 11 is 0. The molecule has 0 spiro atoms. The number of fused-ring (bicyclic) bond motifs is 3. The number of hydrazone groups is 1. The summed E-state index contributed by atoms with van der Waals surface area (Å²) in [5.41, 5.74) is 4.95. The Labute approximate surface area is 194 Å². The summed E-state index contributed by atoms with van der Waals surface area (Å²) in [7, 11) is 0. The third-order valence-corrected chi connectivity index (χ3v) is 5.57. The molecule has 1 amide bonds. The first kappa shape index (κ1) is 21.2. The molecule has 0 atom stereocenters. The zero-order valence-corrected chi connectivity index (χ0v) is 18.2. The summed E-state index contributed by atoms with van der Waals surface area (Å²) < 4.78 is 11.6. The SMILES string of the molecule is Cc1ccc(C(=O)O)cc1-c1ccc(/C=N/NC(=O)Cc2cc3c(ccc4ccccc43)o2)o1. The highest BCUT2D eigenvalue weighted by Crippen LogP contribution is 2.28. The molecule has 0 aliphatic heterocycles. The second-order valence-corrected chi connectivity index (χ2v) is 7.92. The normalized spacial score (nSPS) is 11.4. The Bertz CT molecular complexity index is 1570. The third-order valence-electron chi connectivity index (χ3n) is 5.57. The molecule has 2 N–H and O–H groups in total. The average Bonchev–Trinajstić information content (AvgIpc) is 3.46. The standard InChI is InChI=1S/C27H20N2O5/c1-16-6-7-18(27(31)32)12-22(16)24-11-9-19(33-24)15-28-29-26(30)14-20-13-23-21-5-3-2-4-17(21)8-10-25(23)34-20/h2-13,15H,14H2,1H3,(H,29,30)(H,31,32)/b28-15+. The smallest absolute Gasteiger partial charge is 0.335 e. The number of aromatic carboxylic acids is 1. The van der Waals surface area contributed by atoms with Crippen LogP contribution in [0.2, 0.25) is 0 Å². The number of hydrogen-bond acceptors (Lipinski definition) is 5. The number of carbonyl (C=O) groups is 2. The van der Waals surface area contributed by atoms with Crippen LogP contribution in [0.3, 0.4) is 0 Å². The van der Waals surface area contributed by atoms with Crippen molar-refractivity contribution in [3.63, 3.8) is 0 Å².